The normalized spacial score (nSPS) is 36.8. The number of rotatable bonds is 0. The van der Waals surface area contributed by atoms with E-state index in [9.17, 15) is 4.79 Å². The van der Waals surface area contributed by atoms with E-state index in [2.05, 4.69) is 5.32 Å². The molecule has 0 saturated carbocycles. The van der Waals surface area contributed by atoms with Crippen molar-refractivity contribution in [2.75, 3.05) is 19.6 Å². The van der Waals surface area contributed by atoms with Crippen molar-refractivity contribution in [3.8, 4) is 0 Å². The number of nitrogens with zero attached hydrogens (tertiary/aromatic N) is 1. The summed E-state index contributed by atoms with van der Waals surface area (Å²) in [5.74, 6) is 0. The minimum atomic E-state index is -0.149. The molecule has 0 radical (unpaired) electrons. The highest BCUT2D eigenvalue weighted by molar-refractivity contribution is 5.70. The van der Waals surface area contributed by atoms with Gasteiger partial charge in [-0.15, -0.1) is 0 Å². The van der Waals surface area contributed by atoms with E-state index >= 15 is 0 Å². The third-order valence-electron chi connectivity index (χ3n) is 2.35. The topological polar surface area (TPSA) is 41.6 Å². The molecule has 2 heterocycles. The zero-order valence-electron chi connectivity index (χ0n) is 6.54. The molecule has 2 rings (SSSR count). The van der Waals surface area contributed by atoms with Gasteiger partial charge in [-0.25, -0.2) is 4.79 Å². The second-order valence-corrected chi connectivity index (χ2v) is 3.05. The molecule has 1 N–H and O–H groups in total. The molecule has 1 unspecified atom stereocenters. The zero-order chi connectivity index (χ0) is 7.84. The summed E-state index contributed by atoms with van der Waals surface area (Å²) < 4.78 is 5.06. The van der Waals surface area contributed by atoms with Crippen LogP contribution < -0.4 is 5.32 Å². The van der Waals surface area contributed by atoms with Gasteiger partial charge in [-0.2, -0.15) is 0 Å². The van der Waals surface area contributed by atoms with Crippen molar-refractivity contribution in [1.29, 1.82) is 0 Å². The van der Waals surface area contributed by atoms with Gasteiger partial charge in [-0.05, 0) is 6.92 Å². The van der Waals surface area contributed by atoms with Gasteiger partial charge in [-0.1, -0.05) is 0 Å². The number of fused-ring (bicyclic) bond motifs is 1. The van der Waals surface area contributed by atoms with Crippen LogP contribution in [0.1, 0.15) is 6.92 Å². The molecule has 62 valence electrons. The van der Waals surface area contributed by atoms with Crippen LogP contribution >= 0.6 is 0 Å². The van der Waals surface area contributed by atoms with Gasteiger partial charge >= 0.3 is 6.09 Å². The van der Waals surface area contributed by atoms with Crippen LogP contribution in [0.5, 0.6) is 0 Å². The Morgan fingerprint density at radius 3 is 3.27 bits per heavy atom. The maximum Gasteiger partial charge on any atom is 0.410 e. The van der Waals surface area contributed by atoms with Gasteiger partial charge in [0.15, 0.2) is 0 Å². The summed E-state index contributed by atoms with van der Waals surface area (Å²) in [7, 11) is 0. The summed E-state index contributed by atoms with van der Waals surface area (Å²) in [6, 6.07) is 0.260. The number of carbonyl (C=O) groups excluding carboxylic acids is 1. The van der Waals surface area contributed by atoms with E-state index in [4.69, 9.17) is 4.74 Å². The first-order valence-electron chi connectivity index (χ1n) is 3.97. The van der Waals surface area contributed by atoms with E-state index in [1.165, 1.54) is 0 Å². The van der Waals surface area contributed by atoms with Crippen LogP contribution in [0.3, 0.4) is 0 Å². The van der Waals surface area contributed by atoms with Crippen molar-refractivity contribution in [2.24, 2.45) is 0 Å². The minimum absolute atomic E-state index is 0.0512. The molecular formula is C7H12N2O2. The number of hydrogen-bond acceptors (Lipinski definition) is 3. The molecule has 2 aliphatic rings. The molecular weight excluding hydrogens is 144 g/mol. The largest absolute Gasteiger partial charge is 0.444 e. The molecule has 0 aromatic heterocycles. The fourth-order valence-electron chi connectivity index (χ4n) is 1.68. The smallest absolute Gasteiger partial charge is 0.410 e. The van der Waals surface area contributed by atoms with Crippen molar-refractivity contribution >= 4 is 6.09 Å². The molecule has 1 amide bonds. The van der Waals surface area contributed by atoms with Crippen LogP contribution in [0.2, 0.25) is 0 Å². The lowest BCUT2D eigenvalue weighted by molar-refractivity contribution is 0.138. The first kappa shape index (κ1) is 6.91. The quantitative estimate of drug-likeness (QED) is 0.528. The van der Waals surface area contributed by atoms with Crippen LogP contribution in [0.15, 0.2) is 0 Å². The second kappa shape index (κ2) is 2.37. The van der Waals surface area contributed by atoms with Crippen LogP contribution in [0.25, 0.3) is 0 Å². The monoisotopic (exact) mass is 156 g/mol. The number of nitrogens with one attached hydrogen (secondary N) is 1. The van der Waals surface area contributed by atoms with Crippen LogP contribution in [-0.2, 0) is 4.74 Å². The van der Waals surface area contributed by atoms with E-state index < -0.39 is 0 Å². The maximum atomic E-state index is 11.1. The number of cyclic esters (lactones) is 1. The molecule has 0 aromatic rings. The number of piperazine rings is 1. The minimum Gasteiger partial charge on any atom is -0.444 e. The molecule has 0 bridgehead atoms. The fraction of sp³-hybridized carbons (Fsp3) is 0.857. The third kappa shape index (κ3) is 0.976. The molecule has 0 spiro atoms. The Balaban J connectivity index is 2.13. The van der Waals surface area contributed by atoms with Crippen molar-refractivity contribution in [3.05, 3.63) is 0 Å². The van der Waals surface area contributed by atoms with Gasteiger partial charge in [0.1, 0.15) is 6.10 Å². The Labute approximate surface area is 65.5 Å². The summed E-state index contributed by atoms with van der Waals surface area (Å²) in [5, 5.41) is 3.23. The lowest BCUT2D eigenvalue weighted by atomic mass is 10.1. The first-order valence-corrected chi connectivity index (χ1v) is 3.97. The predicted octanol–water partition coefficient (Wildman–Crippen LogP) is -0.201. The highest BCUT2D eigenvalue weighted by Gasteiger charge is 2.39. The van der Waals surface area contributed by atoms with Gasteiger partial charge in [0.25, 0.3) is 0 Å². The molecule has 2 fully saturated rings. The molecule has 0 aromatic carbocycles. The Bertz CT molecular complexity index is 183. The molecule has 4 nitrogen and oxygen atoms in total. The molecule has 2 aliphatic heterocycles. The average Bonchev–Trinajstić information content (AvgIpc) is 2.30. The molecule has 2 saturated heterocycles. The van der Waals surface area contributed by atoms with E-state index in [-0.39, 0.29) is 18.2 Å². The van der Waals surface area contributed by atoms with Gasteiger partial charge in [-0.3, -0.25) is 4.90 Å². The Hall–Kier alpha value is -0.770. The van der Waals surface area contributed by atoms with Crippen molar-refractivity contribution in [2.45, 2.75) is 19.1 Å². The van der Waals surface area contributed by atoms with Gasteiger partial charge in [0, 0.05) is 19.6 Å². The molecule has 0 aliphatic carbocycles. The summed E-state index contributed by atoms with van der Waals surface area (Å²) in [6.45, 7) is 4.48. The Morgan fingerprint density at radius 1 is 1.73 bits per heavy atom. The van der Waals surface area contributed by atoms with Crippen LogP contribution in [-0.4, -0.2) is 42.8 Å². The predicted molar refractivity (Wildman–Crippen MR) is 39.3 cm³/mol. The van der Waals surface area contributed by atoms with E-state index in [0.717, 1.165) is 19.6 Å². The lowest BCUT2D eigenvalue weighted by Gasteiger charge is -2.28. The second-order valence-electron chi connectivity index (χ2n) is 3.05. The molecule has 2 atom stereocenters. The van der Waals surface area contributed by atoms with E-state index in [0.29, 0.717) is 0 Å². The highest BCUT2D eigenvalue weighted by Crippen LogP contribution is 2.19. The zero-order valence-corrected chi connectivity index (χ0v) is 6.54. The summed E-state index contributed by atoms with van der Waals surface area (Å²) >= 11 is 0. The summed E-state index contributed by atoms with van der Waals surface area (Å²) in [5.41, 5.74) is 0. The number of amides is 1. The van der Waals surface area contributed by atoms with Crippen LogP contribution in [0.4, 0.5) is 4.79 Å². The van der Waals surface area contributed by atoms with Crippen molar-refractivity contribution < 1.29 is 9.53 Å². The molecule has 11 heavy (non-hydrogen) atoms. The van der Waals surface area contributed by atoms with Crippen molar-refractivity contribution in [1.82, 2.24) is 10.2 Å². The maximum absolute atomic E-state index is 11.1. The average molecular weight is 156 g/mol. The third-order valence-corrected chi connectivity index (χ3v) is 2.35. The number of ether oxygens (including phenoxy) is 1. The number of hydrogen-bond donors (Lipinski definition) is 1. The van der Waals surface area contributed by atoms with Gasteiger partial charge < -0.3 is 10.1 Å². The Morgan fingerprint density at radius 2 is 2.55 bits per heavy atom. The standard InChI is InChI=1S/C7H12N2O2/c1-5-6-4-8-2-3-9(6)7(10)11-5/h5-6,8H,2-4H2,1H3/t5-,6?/m0/s1. The Kier molecular flexibility index (Phi) is 1.49. The summed E-state index contributed by atoms with van der Waals surface area (Å²) in [6.07, 6.45) is -0.0979. The number of carbonyl (C=O) groups is 1. The highest BCUT2D eigenvalue weighted by atomic mass is 16.6. The first-order chi connectivity index (χ1) is 5.29. The van der Waals surface area contributed by atoms with Crippen LogP contribution in [0, 0.1) is 0 Å². The van der Waals surface area contributed by atoms with Gasteiger partial charge in [0.2, 0.25) is 0 Å². The van der Waals surface area contributed by atoms with E-state index in [1.54, 1.807) is 4.90 Å². The lowest BCUT2D eigenvalue weighted by Crippen LogP contribution is -2.51. The van der Waals surface area contributed by atoms with Gasteiger partial charge in [0.05, 0.1) is 6.04 Å². The summed E-state index contributed by atoms with van der Waals surface area (Å²) in [4.78, 5) is 12.9. The molecule has 4 heteroatoms. The van der Waals surface area contributed by atoms with E-state index in [1.807, 2.05) is 6.92 Å². The SMILES string of the molecule is C[C@@H]1OC(=O)N2CCNCC12. The fourth-order valence-corrected chi connectivity index (χ4v) is 1.68. The van der Waals surface area contributed by atoms with Crippen molar-refractivity contribution in [3.63, 3.8) is 0 Å².